The van der Waals surface area contributed by atoms with E-state index in [2.05, 4.69) is 39.6 Å². The molecule has 6 nitrogen and oxygen atoms in total. The number of nitrogen functional groups attached to an aromatic ring is 1. The lowest BCUT2D eigenvalue weighted by atomic mass is 10.1. The van der Waals surface area contributed by atoms with Crippen molar-refractivity contribution in [1.82, 2.24) is 14.5 Å². The Bertz CT molecular complexity index is 1320. The van der Waals surface area contributed by atoms with Gasteiger partial charge >= 0.3 is 0 Å². The van der Waals surface area contributed by atoms with Gasteiger partial charge in [0.1, 0.15) is 11.3 Å². The fourth-order valence-corrected chi connectivity index (χ4v) is 4.32. The molecule has 2 aromatic heterocycles. The van der Waals surface area contributed by atoms with Gasteiger partial charge in [-0.25, -0.2) is 9.97 Å². The van der Waals surface area contributed by atoms with E-state index < -0.39 is 0 Å². The van der Waals surface area contributed by atoms with Gasteiger partial charge in [-0.15, -0.1) is 0 Å². The van der Waals surface area contributed by atoms with Crippen LogP contribution in [0.15, 0.2) is 54.6 Å². The maximum absolute atomic E-state index is 12.3. The van der Waals surface area contributed by atoms with Crippen molar-refractivity contribution < 1.29 is 4.79 Å². The molecule has 2 aromatic carbocycles. The number of aromatic nitrogens is 3. The van der Waals surface area contributed by atoms with E-state index in [-0.39, 0.29) is 5.78 Å². The maximum atomic E-state index is 12.3. The van der Waals surface area contributed by atoms with E-state index in [0.717, 1.165) is 71.2 Å². The van der Waals surface area contributed by atoms with Crippen molar-refractivity contribution in [3.05, 3.63) is 66.0 Å². The highest BCUT2D eigenvalue weighted by molar-refractivity contribution is 6.06. The standard InChI is InChI=1S/C28H33N5O/c1-4-25-31-26-27(23-11-7-8-12-24(23)30-28(26)29)33(25)19-9-5-6-10-22(34)18-15-20-13-16-21(17-14-20)32(2)3/h7-8,11-18H,4-6,9-10,19H2,1-3H3,(H2,29,30)/b18-15+. The summed E-state index contributed by atoms with van der Waals surface area (Å²) in [4.78, 5) is 23.7. The minimum absolute atomic E-state index is 0.170. The van der Waals surface area contributed by atoms with Crippen LogP contribution in [0.4, 0.5) is 11.5 Å². The number of ketones is 1. The molecule has 4 aromatic rings. The lowest BCUT2D eigenvalue weighted by molar-refractivity contribution is -0.114. The molecule has 176 valence electrons. The Morgan fingerprint density at radius 2 is 1.79 bits per heavy atom. The zero-order valence-corrected chi connectivity index (χ0v) is 20.3. The summed E-state index contributed by atoms with van der Waals surface area (Å²) in [7, 11) is 4.03. The first-order valence-electron chi connectivity index (χ1n) is 12.0. The first-order valence-corrected chi connectivity index (χ1v) is 12.0. The molecule has 0 aliphatic heterocycles. The Hall–Kier alpha value is -3.67. The van der Waals surface area contributed by atoms with Gasteiger partial charge in [0.2, 0.25) is 0 Å². The third kappa shape index (κ3) is 5.11. The number of para-hydroxylation sites is 1. The smallest absolute Gasteiger partial charge is 0.155 e. The minimum Gasteiger partial charge on any atom is -0.382 e. The lowest BCUT2D eigenvalue weighted by Gasteiger charge is -2.11. The highest BCUT2D eigenvalue weighted by atomic mass is 16.1. The van der Waals surface area contributed by atoms with Crippen LogP contribution in [0.3, 0.4) is 0 Å². The molecule has 4 rings (SSSR count). The van der Waals surface area contributed by atoms with E-state index in [0.29, 0.717) is 12.2 Å². The number of allylic oxidation sites excluding steroid dienone is 1. The molecule has 6 heteroatoms. The van der Waals surface area contributed by atoms with Gasteiger partial charge in [-0.05, 0) is 42.7 Å². The molecular weight excluding hydrogens is 422 g/mol. The SMILES string of the molecule is CCc1nc2c(N)nc3ccccc3c2n1CCCCCC(=O)/C=C/c1ccc(N(C)C)cc1. The predicted molar refractivity (Wildman–Crippen MR) is 142 cm³/mol. The fraction of sp³-hybridized carbons (Fsp3) is 0.321. The molecule has 0 bridgehead atoms. The van der Waals surface area contributed by atoms with E-state index in [1.54, 1.807) is 6.08 Å². The number of hydrogen-bond donors (Lipinski definition) is 1. The first kappa shape index (κ1) is 23.5. The molecule has 0 saturated carbocycles. The average Bonchev–Trinajstić information content (AvgIpc) is 3.22. The van der Waals surface area contributed by atoms with E-state index in [1.165, 1.54) is 0 Å². The number of anilines is 2. The lowest BCUT2D eigenvalue weighted by Crippen LogP contribution is -2.07. The van der Waals surface area contributed by atoms with Crippen molar-refractivity contribution >= 4 is 45.3 Å². The van der Waals surface area contributed by atoms with Crippen LogP contribution < -0.4 is 10.6 Å². The van der Waals surface area contributed by atoms with Crippen molar-refractivity contribution in [2.75, 3.05) is 24.7 Å². The highest BCUT2D eigenvalue weighted by Gasteiger charge is 2.16. The van der Waals surface area contributed by atoms with Gasteiger partial charge in [0.25, 0.3) is 0 Å². The number of carbonyl (C=O) groups is 1. The van der Waals surface area contributed by atoms with Gasteiger partial charge in [-0.3, -0.25) is 4.79 Å². The van der Waals surface area contributed by atoms with E-state index in [4.69, 9.17) is 10.7 Å². The zero-order valence-electron chi connectivity index (χ0n) is 20.3. The van der Waals surface area contributed by atoms with Crippen LogP contribution in [0.5, 0.6) is 0 Å². The quantitative estimate of drug-likeness (QED) is 0.247. The summed E-state index contributed by atoms with van der Waals surface area (Å²) in [5, 5.41) is 1.08. The van der Waals surface area contributed by atoms with E-state index >= 15 is 0 Å². The van der Waals surface area contributed by atoms with E-state index in [1.807, 2.05) is 50.5 Å². The Balaban J connectivity index is 1.35. The number of carbonyl (C=O) groups excluding carboxylic acids is 1. The van der Waals surface area contributed by atoms with Crippen LogP contribution in [-0.4, -0.2) is 34.4 Å². The number of aryl methyl sites for hydroxylation is 2. The molecule has 2 heterocycles. The predicted octanol–water partition coefficient (Wildman–Crippen LogP) is 5.64. The molecule has 0 radical (unpaired) electrons. The largest absolute Gasteiger partial charge is 0.382 e. The number of benzene rings is 2. The Labute approximate surface area is 201 Å². The van der Waals surface area contributed by atoms with Crippen molar-refractivity contribution in [2.45, 2.75) is 45.6 Å². The zero-order chi connectivity index (χ0) is 24.1. The Morgan fingerprint density at radius 1 is 1.03 bits per heavy atom. The van der Waals surface area contributed by atoms with Gasteiger partial charge < -0.3 is 15.2 Å². The normalized spacial score (nSPS) is 11.6. The van der Waals surface area contributed by atoms with Crippen molar-refractivity contribution in [1.29, 1.82) is 0 Å². The van der Waals surface area contributed by atoms with Gasteiger partial charge in [0.15, 0.2) is 11.6 Å². The van der Waals surface area contributed by atoms with Crippen LogP contribution in [-0.2, 0) is 17.8 Å². The molecule has 0 atom stereocenters. The van der Waals surface area contributed by atoms with Crippen LogP contribution in [0, 0.1) is 0 Å². The molecule has 2 N–H and O–H groups in total. The third-order valence-corrected chi connectivity index (χ3v) is 6.18. The summed E-state index contributed by atoms with van der Waals surface area (Å²) < 4.78 is 2.29. The number of rotatable bonds is 10. The number of imidazole rings is 1. The molecule has 0 fully saturated rings. The number of nitrogens with two attached hydrogens (primary N) is 1. The second-order valence-corrected chi connectivity index (χ2v) is 8.84. The molecule has 0 saturated heterocycles. The average molecular weight is 456 g/mol. The number of unbranched alkanes of at least 4 members (excludes halogenated alkanes) is 2. The molecule has 0 amide bonds. The number of nitrogens with zero attached hydrogens (tertiary/aromatic N) is 4. The van der Waals surface area contributed by atoms with Crippen LogP contribution >= 0.6 is 0 Å². The van der Waals surface area contributed by atoms with Crippen LogP contribution in [0.2, 0.25) is 0 Å². The molecule has 0 aliphatic carbocycles. The Kier molecular flexibility index (Phi) is 7.26. The van der Waals surface area contributed by atoms with Crippen molar-refractivity contribution in [3.8, 4) is 0 Å². The Morgan fingerprint density at radius 3 is 2.53 bits per heavy atom. The van der Waals surface area contributed by atoms with Gasteiger partial charge in [-0.1, -0.05) is 49.8 Å². The van der Waals surface area contributed by atoms with Crippen molar-refractivity contribution in [2.24, 2.45) is 0 Å². The number of hydrogen-bond acceptors (Lipinski definition) is 5. The topological polar surface area (TPSA) is 77.0 Å². The summed E-state index contributed by atoms with van der Waals surface area (Å²) in [6.45, 7) is 2.97. The summed E-state index contributed by atoms with van der Waals surface area (Å²) in [6.07, 6.45) is 7.85. The van der Waals surface area contributed by atoms with Gasteiger partial charge in [0.05, 0.1) is 11.0 Å². The van der Waals surface area contributed by atoms with E-state index in [9.17, 15) is 4.79 Å². The maximum Gasteiger partial charge on any atom is 0.155 e. The van der Waals surface area contributed by atoms with Crippen molar-refractivity contribution in [3.63, 3.8) is 0 Å². The number of pyridine rings is 1. The molecule has 0 aliphatic rings. The summed E-state index contributed by atoms with van der Waals surface area (Å²) in [6, 6.07) is 16.3. The molecular formula is C28H33N5O. The molecule has 0 unspecified atom stereocenters. The fourth-order valence-electron chi connectivity index (χ4n) is 4.32. The van der Waals surface area contributed by atoms with Crippen LogP contribution in [0.1, 0.15) is 44.0 Å². The monoisotopic (exact) mass is 455 g/mol. The van der Waals surface area contributed by atoms with Gasteiger partial charge in [0, 0.05) is 44.6 Å². The minimum atomic E-state index is 0.170. The second-order valence-electron chi connectivity index (χ2n) is 8.84. The molecule has 34 heavy (non-hydrogen) atoms. The first-order chi connectivity index (χ1) is 16.5. The summed E-state index contributed by atoms with van der Waals surface area (Å²) in [5.74, 6) is 1.68. The number of fused-ring (bicyclic) bond motifs is 3. The highest BCUT2D eigenvalue weighted by Crippen LogP contribution is 2.29. The summed E-state index contributed by atoms with van der Waals surface area (Å²) in [5.41, 5.74) is 11.2. The third-order valence-electron chi connectivity index (χ3n) is 6.18. The molecule has 0 spiro atoms. The van der Waals surface area contributed by atoms with Gasteiger partial charge in [-0.2, -0.15) is 0 Å². The van der Waals surface area contributed by atoms with Crippen LogP contribution in [0.25, 0.3) is 28.0 Å². The summed E-state index contributed by atoms with van der Waals surface area (Å²) >= 11 is 0. The second kappa shape index (κ2) is 10.5.